The van der Waals surface area contributed by atoms with Gasteiger partial charge in [0.2, 0.25) is 0 Å². The summed E-state index contributed by atoms with van der Waals surface area (Å²) < 4.78 is 16.6. The molecule has 0 aliphatic rings. The van der Waals surface area contributed by atoms with E-state index in [1.807, 2.05) is 0 Å². The molecule has 6 nitrogen and oxygen atoms in total. The van der Waals surface area contributed by atoms with Crippen LogP contribution in [0.15, 0.2) is 0 Å². The summed E-state index contributed by atoms with van der Waals surface area (Å²) in [6.45, 7) is 6.57. The zero-order valence-electron chi connectivity index (χ0n) is 35.1. The Balaban J connectivity index is 4.10. The van der Waals surface area contributed by atoms with Crippen LogP contribution in [0.2, 0.25) is 0 Å². The van der Waals surface area contributed by atoms with Gasteiger partial charge in [0.15, 0.2) is 6.10 Å². The van der Waals surface area contributed by atoms with Crippen molar-refractivity contribution in [2.75, 3.05) is 13.2 Å². The average molecular weight is 737 g/mol. The van der Waals surface area contributed by atoms with Crippen molar-refractivity contribution in [3.63, 3.8) is 0 Å². The van der Waals surface area contributed by atoms with Gasteiger partial charge in [-0.15, -0.1) is 0 Å². The van der Waals surface area contributed by atoms with E-state index in [0.29, 0.717) is 19.3 Å². The fraction of sp³-hybridized carbons (Fsp3) is 0.935. The Morgan fingerprint density at radius 2 is 0.519 bits per heavy atom. The zero-order valence-corrected chi connectivity index (χ0v) is 35.1. The maximum absolute atomic E-state index is 12.7. The van der Waals surface area contributed by atoms with Crippen LogP contribution in [0, 0.1) is 0 Å². The normalized spacial score (nSPS) is 11.8. The molecule has 0 aliphatic carbocycles. The molecule has 0 saturated heterocycles. The van der Waals surface area contributed by atoms with Crippen molar-refractivity contribution in [2.45, 2.75) is 264 Å². The fourth-order valence-corrected chi connectivity index (χ4v) is 6.85. The minimum Gasteiger partial charge on any atom is -0.462 e. The molecule has 0 unspecified atom stereocenters. The predicted molar refractivity (Wildman–Crippen MR) is 220 cm³/mol. The average Bonchev–Trinajstić information content (AvgIpc) is 3.14. The van der Waals surface area contributed by atoms with Crippen molar-refractivity contribution in [3.05, 3.63) is 0 Å². The molecule has 0 rings (SSSR count). The van der Waals surface area contributed by atoms with Gasteiger partial charge in [-0.3, -0.25) is 14.4 Å². The summed E-state index contributed by atoms with van der Waals surface area (Å²) in [6, 6.07) is 0. The number of unbranched alkanes of at least 4 members (excludes halogenated alkanes) is 31. The summed E-state index contributed by atoms with van der Waals surface area (Å²) in [5.74, 6) is -0.868. The highest BCUT2D eigenvalue weighted by atomic mass is 16.6. The number of hydrogen-bond donors (Lipinski definition) is 0. The van der Waals surface area contributed by atoms with Crippen molar-refractivity contribution in [1.29, 1.82) is 0 Å². The lowest BCUT2D eigenvalue weighted by atomic mass is 10.0. The molecule has 308 valence electrons. The molecule has 1 atom stereocenters. The van der Waals surface area contributed by atoms with Gasteiger partial charge in [0.05, 0.1) is 0 Å². The monoisotopic (exact) mass is 737 g/mol. The molecule has 0 aromatic rings. The Bertz CT molecular complexity index is 768. The molecule has 0 aromatic heterocycles. The van der Waals surface area contributed by atoms with Gasteiger partial charge >= 0.3 is 17.9 Å². The molecule has 0 amide bonds. The summed E-state index contributed by atoms with van der Waals surface area (Å²) in [5.41, 5.74) is 0. The van der Waals surface area contributed by atoms with E-state index in [2.05, 4.69) is 20.8 Å². The molecule has 0 saturated carbocycles. The Hall–Kier alpha value is -1.59. The lowest BCUT2D eigenvalue weighted by Crippen LogP contribution is -2.30. The number of ether oxygens (including phenoxy) is 3. The maximum atomic E-state index is 12.7. The second-order valence-electron chi connectivity index (χ2n) is 15.7. The summed E-state index contributed by atoms with van der Waals surface area (Å²) >= 11 is 0. The van der Waals surface area contributed by atoms with Gasteiger partial charge in [0.1, 0.15) is 13.2 Å². The SMILES string of the molecule is CCCCCCCCCCCCCCCCCCCCCC(=O)O[C@@H](COC(=O)CCCCCCC)COC(=O)CCCCCCCCCCCC. The first-order chi connectivity index (χ1) is 25.5. The van der Waals surface area contributed by atoms with Crippen molar-refractivity contribution in [3.8, 4) is 0 Å². The van der Waals surface area contributed by atoms with E-state index >= 15 is 0 Å². The van der Waals surface area contributed by atoms with Crippen LogP contribution in [-0.2, 0) is 28.6 Å². The molecule has 52 heavy (non-hydrogen) atoms. The van der Waals surface area contributed by atoms with Crippen molar-refractivity contribution in [1.82, 2.24) is 0 Å². The molecule has 0 bridgehead atoms. The number of rotatable bonds is 42. The van der Waals surface area contributed by atoms with E-state index in [4.69, 9.17) is 14.2 Å². The Kier molecular flexibility index (Phi) is 40.9. The van der Waals surface area contributed by atoms with Crippen LogP contribution in [0.25, 0.3) is 0 Å². The van der Waals surface area contributed by atoms with Gasteiger partial charge in [-0.1, -0.05) is 220 Å². The molecule has 0 spiro atoms. The van der Waals surface area contributed by atoms with Crippen LogP contribution in [-0.4, -0.2) is 37.2 Å². The van der Waals surface area contributed by atoms with Crippen LogP contribution >= 0.6 is 0 Å². The van der Waals surface area contributed by atoms with Crippen molar-refractivity contribution in [2.24, 2.45) is 0 Å². The van der Waals surface area contributed by atoms with Gasteiger partial charge in [-0.2, -0.15) is 0 Å². The van der Waals surface area contributed by atoms with E-state index in [-0.39, 0.29) is 31.1 Å². The predicted octanol–water partition coefficient (Wildman–Crippen LogP) is 14.5. The van der Waals surface area contributed by atoms with Crippen LogP contribution in [0.4, 0.5) is 0 Å². The molecule has 0 radical (unpaired) electrons. The van der Waals surface area contributed by atoms with Gasteiger partial charge in [-0.25, -0.2) is 0 Å². The van der Waals surface area contributed by atoms with E-state index < -0.39 is 6.10 Å². The smallest absolute Gasteiger partial charge is 0.306 e. The molecule has 0 aliphatic heterocycles. The molecule has 0 heterocycles. The van der Waals surface area contributed by atoms with Gasteiger partial charge < -0.3 is 14.2 Å². The lowest BCUT2D eigenvalue weighted by Gasteiger charge is -2.18. The topological polar surface area (TPSA) is 78.9 Å². The molecular formula is C46H88O6. The largest absolute Gasteiger partial charge is 0.462 e. The van der Waals surface area contributed by atoms with E-state index in [1.165, 1.54) is 154 Å². The third-order valence-electron chi connectivity index (χ3n) is 10.4. The lowest BCUT2D eigenvalue weighted by molar-refractivity contribution is -0.167. The zero-order chi connectivity index (χ0) is 38.0. The summed E-state index contributed by atoms with van der Waals surface area (Å²) in [5, 5.41) is 0. The highest BCUT2D eigenvalue weighted by Crippen LogP contribution is 2.16. The fourth-order valence-electron chi connectivity index (χ4n) is 6.85. The molecular weight excluding hydrogens is 648 g/mol. The first-order valence-corrected chi connectivity index (χ1v) is 23.0. The van der Waals surface area contributed by atoms with Crippen molar-refractivity contribution < 1.29 is 28.6 Å². The number of carbonyl (C=O) groups is 3. The van der Waals surface area contributed by atoms with E-state index in [1.54, 1.807) is 0 Å². The second kappa shape index (κ2) is 42.2. The van der Waals surface area contributed by atoms with Crippen LogP contribution < -0.4 is 0 Å². The highest BCUT2D eigenvalue weighted by molar-refractivity contribution is 5.71. The highest BCUT2D eigenvalue weighted by Gasteiger charge is 2.19. The number of hydrogen-bond acceptors (Lipinski definition) is 6. The quantitative estimate of drug-likeness (QED) is 0.0353. The minimum absolute atomic E-state index is 0.0642. The van der Waals surface area contributed by atoms with Crippen LogP contribution in [0.3, 0.4) is 0 Å². The molecule has 0 fully saturated rings. The van der Waals surface area contributed by atoms with Gasteiger partial charge in [0.25, 0.3) is 0 Å². The number of carbonyl (C=O) groups excluding carboxylic acids is 3. The first-order valence-electron chi connectivity index (χ1n) is 23.0. The third kappa shape index (κ3) is 39.6. The first kappa shape index (κ1) is 50.4. The van der Waals surface area contributed by atoms with Gasteiger partial charge in [0, 0.05) is 19.3 Å². The minimum atomic E-state index is -0.756. The van der Waals surface area contributed by atoms with Crippen LogP contribution in [0.1, 0.15) is 258 Å². The van der Waals surface area contributed by atoms with Crippen molar-refractivity contribution >= 4 is 17.9 Å². The number of esters is 3. The Morgan fingerprint density at radius 1 is 0.308 bits per heavy atom. The van der Waals surface area contributed by atoms with E-state index in [0.717, 1.165) is 64.2 Å². The molecule has 0 aromatic carbocycles. The summed E-state index contributed by atoms with van der Waals surface area (Å²) in [7, 11) is 0. The Labute approximate surface area is 323 Å². The van der Waals surface area contributed by atoms with Gasteiger partial charge in [-0.05, 0) is 19.3 Å². The Morgan fingerprint density at radius 3 is 0.769 bits per heavy atom. The van der Waals surface area contributed by atoms with Crippen LogP contribution in [0.5, 0.6) is 0 Å². The second-order valence-corrected chi connectivity index (χ2v) is 15.7. The van der Waals surface area contributed by atoms with E-state index in [9.17, 15) is 14.4 Å². The summed E-state index contributed by atoms with van der Waals surface area (Å²) in [4.78, 5) is 37.4. The molecule has 0 N–H and O–H groups in total. The standard InChI is InChI=1S/C46H88O6/c1-4-7-10-13-15-17-19-20-21-22-23-24-25-26-27-29-31-34-37-40-46(49)52-43(41-50-44(47)38-35-32-12-9-6-3)42-51-45(48)39-36-33-30-28-18-16-14-11-8-5-2/h43H,4-42H2,1-3H3/t43-/m0/s1. The summed E-state index contributed by atoms with van der Waals surface area (Å²) in [6.07, 6.45) is 42.6. The third-order valence-corrected chi connectivity index (χ3v) is 10.4. The maximum Gasteiger partial charge on any atom is 0.306 e. The molecule has 6 heteroatoms.